The van der Waals surface area contributed by atoms with E-state index in [1.807, 2.05) is 18.2 Å². The average molecular weight is 376 g/mol. The highest BCUT2D eigenvalue weighted by molar-refractivity contribution is 9.10. The van der Waals surface area contributed by atoms with Crippen LogP contribution < -0.4 is 5.73 Å². The van der Waals surface area contributed by atoms with Crippen molar-refractivity contribution in [2.75, 3.05) is 12.8 Å². The van der Waals surface area contributed by atoms with Crippen molar-refractivity contribution in [2.24, 2.45) is 0 Å². The first-order valence-electron chi connectivity index (χ1n) is 7.37. The van der Waals surface area contributed by atoms with Crippen LogP contribution in [-0.2, 0) is 29.0 Å². The summed E-state index contributed by atoms with van der Waals surface area (Å²) in [5.41, 5.74) is 8.99. The molecule has 1 aromatic carbocycles. The molecular formula is C17H18BrN3O2. The number of methoxy groups -OCH3 is 1. The molecule has 1 aromatic heterocycles. The molecule has 1 atom stereocenters. The van der Waals surface area contributed by atoms with Gasteiger partial charge in [-0.2, -0.15) is 0 Å². The largest absolute Gasteiger partial charge is 0.468 e. The maximum absolute atomic E-state index is 12.2. The zero-order valence-corrected chi connectivity index (χ0v) is 14.4. The van der Waals surface area contributed by atoms with Gasteiger partial charge in [0.2, 0.25) is 0 Å². The Morgan fingerprint density at radius 3 is 2.96 bits per heavy atom. The number of hydrogen-bond acceptors (Lipinski definition) is 5. The Kier molecular flexibility index (Phi) is 4.63. The highest BCUT2D eigenvalue weighted by atomic mass is 79.9. The molecule has 5 nitrogen and oxygen atoms in total. The summed E-state index contributed by atoms with van der Waals surface area (Å²) in [6.07, 6.45) is 0.637. The lowest BCUT2D eigenvalue weighted by Gasteiger charge is -2.35. The predicted molar refractivity (Wildman–Crippen MR) is 91.5 cm³/mol. The van der Waals surface area contributed by atoms with E-state index in [0.717, 1.165) is 10.2 Å². The van der Waals surface area contributed by atoms with E-state index < -0.39 is 0 Å². The number of halogens is 1. The second-order valence-electron chi connectivity index (χ2n) is 5.61. The van der Waals surface area contributed by atoms with Crippen molar-refractivity contribution in [1.82, 2.24) is 9.88 Å². The molecule has 0 saturated heterocycles. The molecule has 1 aliphatic rings. The molecule has 0 saturated carbocycles. The van der Waals surface area contributed by atoms with Crippen LogP contribution in [0.15, 0.2) is 40.9 Å². The number of nitrogen functional groups attached to an aromatic ring is 1. The third kappa shape index (κ3) is 3.54. The van der Waals surface area contributed by atoms with E-state index in [4.69, 9.17) is 10.5 Å². The van der Waals surface area contributed by atoms with Gasteiger partial charge in [-0.25, -0.2) is 4.98 Å². The van der Waals surface area contributed by atoms with E-state index in [2.05, 4.69) is 37.9 Å². The van der Waals surface area contributed by atoms with Gasteiger partial charge in [0, 0.05) is 17.6 Å². The molecule has 0 fully saturated rings. The average Bonchev–Trinajstić information content (AvgIpc) is 2.53. The maximum atomic E-state index is 12.2. The lowest BCUT2D eigenvalue weighted by atomic mass is 9.94. The van der Waals surface area contributed by atoms with Crippen molar-refractivity contribution in [3.8, 4) is 0 Å². The number of nitrogens with two attached hydrogens (primary N) is 1. The monoisotopic (exact) mass is 375 g/mol. The summed E-state index contributed by atoms with van der Waals surface area (Å²) in [4.78, 5) is 18.6. The van der Waals surface area contributed by atoms with Crippen molar-refractivity contribution in [1.29, 1.82) is 0 Å². The topological polar surface area (TPSA) is 68.5 Å². The first kappa shape index (κ1) is 16.0. The highest BCUT2D eigenvalue weighted by Gasteiger charge is 2.32. The Hall–Kier alpha value is -1.92. The van der Waals surface area contributed by atoms with Gasteiger partial charge >= 0.3 is 5.97 Å². The third-order valence-electron chi connectivity index (χ3n) is 4.06. The van der Waals surface area contributed by atoms with Crippen LogP contribution in [0.4, 0.5) is 5.82 Å². The Balaban J connectivity index is 1.90. The first-order valence-corrected chi connectivity index (χ1v) is 8.16. The van der Waals surface area contributed by atoms with Gasteiger partial charge in [-0.3, -0.25) is 9.69 Å². The second kappa shape index (κ2) is 6.68. The zero-order valence-electron chi connectivity index (χ0n) is 12.8. The summed E-state index contributed by atoms with van der Waals surface area (Å²) in [6, 6.07) is 11.4. The van der Waals surface area contributed by atoms with Gasteiger partial charge < -0.3 is 10.5 Å². The van der Waals surface area contributed by atoms with Gasteiger partial charge in [-0.1, -0.05) is 28.1 Å². The summed E-state index contributed by atoms with van der Waals surface area (Å²) in [7, 11) is 1.43. The van der Waals surface area contributed by atoms with Crippen LogP contribution in [0.2, 0.25) is 0 Å². The minimum Gasteiger partial charge on any atom is -0.468 e. The van der Waals surface area contributed by atoms with Gasteiger partial charge in [0.25, 0.3) is 0 Å². The fourth-order valence-corrected chi connectivity index (χ4v) is 3.34. The zero-order chi connectivity index (χ0) is 16.4. The minimum absolute atomic E-state index is 0.220. The highest BCUT2D eigenvalue weighted by Crippen LogP contribution is 2.28. The Morgan fingerprint density at radius 2 is 2.22 bits per heavy atom. The number of aromatic nitrogens is 1. The number of nitrogens with zero attached hydrogens (tertiary/aromatic N) is 2. The Labute approximate surface area is 143 Å². The van der Waals surface area contributed by atoms with Crippen LogP contribution in [0.3, 0.4) is 0 Å². The molecule has 2 aromatic rings. The number of anilines is 1. The van der Waals surface area contributed by atoms with Crippen LogP contribution >= 0.6 is 15.9 Å². The van der Waals surface area contributed by atoms with E-state index in [9.17, 15) is 4.79 Å². The molecule has 23 heavy (non-hydrogen) atoms. The first-order chi connectivity index (χ1) is 11.1. The molecule has 1 unspecified atom stereocenters. The van der Waals surface area contributed by atoms with E-state index >= 15 is 0 Å². The number of esters is 1. The number of ether oxygens (including phenoxy) is 1. The van der Waals surface area contributed by atoms with Crippen LogP contribution in [0.1, 0.15) is 16.8 Å². The standard InChI is InChI=1S/C17H18BrN3O2/c1-23-17(22)15-8-11-5-6-13(18)7-12(11)9-21(15)10-14-3-2-4-16(19)20-14/h2-7,15H,8-10H2,1H3,(H2,19,20). The van der Waals surface area contributed by atoms with Gasteiger partial charge in [0.1, 0.15) is 11.9 Å². The number of pyridine rings is 1. The van der Waals surface area contributed by atoms with Gasteiger partial charge in [0.05, 0.1) is 12.8 Å². The van der Waals surface area contributed by atoms with Gasteiger partial charge in [-0.05, 0) is 41.8 Å². The van der Waals surface area contributed by atoms with Crippen LogP contribution in [0.25, 0.3) is 0 Å². The molecule has 120 valence electrons. The molecule has 3 rings (SSSR count). The number of hydrogen-bond donors (Lipinski definition) is 1. The SMILES string of the molecule is COC(=O)C1Cc2ccc(Br)cc2CN1Cc1cccc(N)n1. The number of carbonyl (C=O) groups is 1. The maximum Gasteiger partial charge on any atom is 0.323 e. The quantitative estimate of drug-likeness (QED) is 0.834. The van der Waals surface area contributed by atoms with Crippen molar-refractivity contribution in [3.05, 3.63) is 57.7 Å². The molecule has 2 N–H and O–H groups in total. The predicted octanol–water partition coefficient (Wildman–Crippen LogP) is 2.53. The summed E-state index contributed by atoms with van der Waals surface area (Å²) >= 11 is 3.51. The fourth-order valence-electron chi connectivity index (χ4n) is 2.94. The molecule has 0 bridgehead atoms. The Morgan fingerprint density at radius 1 is 1.39 bits per heavy atom. The summed E-state index contributed by atoms with van der Waals surface area (Å²) in [6.45, 7) is 1.22. The van der Waals surface area contributed by atoms with Gasteiger partial charge in [-0.15, -0.1) is 0 Å². The van der Waals surface area contributed by atoms with Crippen LogP contribution in [-0.4, -0.2) is 29.0 Å². The molecule has 0 radical (unpaired) electrons. The number of rotatable bonds is 3. The molecular weight excluding hydrogens is 358 g/mol. The molecule has 0 aliphatic carbocycles. The second-order valence-corrected chi connectivity index (χ2v) is 6.53. The van der Waals surface area contributed by atoms with E-state index in [1.54, 1.807) is 6.07 Å². The van der Waals surface area contributed by atoms with E-state index in [-0.39, 0.29) is 12.0 Å². The molecule has 6 heteroatoms. The lowest BCUT2D eigenvalue weighted by molar-refractivity contribution is -0.148. The number of benzene rings is 1. The van der Waals surface area contributed by atoms with Crippen molar-refractivity contribution < 1.29 is 9.53 Å². The fraction of sp³-hybridized carbons (Fsp3) is 0.294. The van der Waals surface area contributed by atoms with E-state index in [1.165, 1.54) is 18.2 Å². The van der Waals surface area contributed by atoms with Crippen LogP contribution in [0, 0.1) is 0 Å². The number of fused-ring (bicyclic) bond motifs is 1. The normalized spacial score (nSPS) is 17.6. The minimum atomic E-state index is -0.308. The van der Waals surface area contributed by atoms with Crippen molar-refractivity contribution >= 4 is 27.7 Å². The van der Waals surface area contributed by atoms with Gasteiger partial charge in [0.15, 0.2) is 0 Å². The van der Waals surface area contributed by atoms with E-state index in [0.29, 0.717) is 25.3 Å². The third-order valence-corrected chi connectivity index (χ3v) is 4.56. The lowest BCUT2D eigenvalue weighted by Crippen LogP contribution is -2.45. The Bertz CT molecular complexity index is 736. The molecule has 2 heterocycles. The smallest absolute Gasteiger partial charge is 0.323 e. The summed E-state index contributed by atoms with van der Waals surface area (Å²) in [5.74, 6) is 0.264. The molecule has 0 spiro atoms. The number of carbonyl (C=O) groups excluding carboxylic acids is 1. The van der Waals surface area contributed by atoms with Crippen molar-refractivity contribution in [2.45, 2.75) is 25.6 Å². The molecule has 1 aliphatic heterocycles. The van der Waals surface area contributed by atoms with Crippen LogP contribution in [0.5, 0.6) is 0 Å². The molecule has 0 amide bonds. The summed E-state index contributed by atoms with van der Waals surface area (Å²) in [5, 5.41) is 0. The summed E-state index contributed by atoms with van der Waals surface area (Å²) < 4.78 is 6.02. The van der Waals surface area contributed by atoms with Crippen molar-refractivity contribution in [3.63, 3.8) is 0 Å².